The van der Waals surface area contributed by atoms with Crippen molar-refractivity contribution in [3.63, 3.8) is 0 Å². The van der Waals surface area contributed by atoms with Crippen molar-refractivity contribution in [2.24, 2.45) is 0 Å². The number of aryl methyl sites for hydroxylation is 2. The van der Waals surface area contributed by atoms with Gasteiger partial charge in [0, 0.05) is 52.0 Å². The van der Waals surface area contributed by atoms with Gasteiger partial charge in [0.1, 0.15) is 0 Å². The van der Waals surface area contributed by atoms with Crippen LogP contribution in [0.2, 0.25) is 0 Å². The summed E-state index contributed by atoms with van der Waals surface area (Å²) in [6, 6.07) is 21.2. The lowest BCUT2D eigenvalue weighted by atomic mass is 9.79. The number of carbonyl (C=O) groups is 2. The summed E-state index contributed by atoms with van der Waals surface area (Å²) in [7, 11) is 0. The molecule has 1 aliphatic rings. The lowest BCUT2D eigenvalue weighted by molar-refractivity contribution is -0.991. The second kappa shape index (κ2) is 10.8. The van der Waals surface area contributed by atoms with E-state index in [0.717, 1.165) is 11.1 Å². The van der Waals surface area contributed by atoms with Crippen LogP contribution in [-0.4, -0.2) is 17.0 Å². The average molecular weight is 499 g/mol. The zero-order valence-electron chi connectivity index (χ0n) is 21.2. The predicted octanol–water partition coefficient (Wildman–Crippen LogP) is 4.22. The molecule has 0 saturated carbocycles. The Balaban J connectivity index is 1.78. The first-order valence-corrected chi connectivity index (χ1v) is 11.9. The van der Waals surface area contributed by atoms with Crippen molar-refractivity contribution in [1.29, 1.82) is 0 Å². The summed E-state index contributed by atoms with van der Waals surface area (Å²) in [6.07, 6.45) is 0. The maximum atomic E-state index is 13.7. The molecule has 1 heterocycles. The first-order chi connectivity index (χ1) is 17.6. The van der Waals surface area contributed by atoms with Crippen molar-refractivity contribution in [3.05, 3.63) is 117 Å². The highest BCUT2D eigenvalue weighted by Crippen LogP contribution is 2.39. The molecule has 1 atom stereocenters. The number of amides is 2. The van der Waals surface area contributed by atoms with Crippen LogP contribution in [0, 0.1) is 19.1 Å². The Morgan fingerprint density at radius 3 is 1.68 bits per heavy atom. The number of hydrogen-bond donors (Lipinski definition) is 5. The third-order valence-corrected chi connectivity index (χ3v) is 6.34. The van der Waals surface area contributed by atoms with Gasteiger partial charge in [-0.25, -0.2) is 5.21 Å². The highest BCUT2D eigenvalue weighted by Gasteiger charge is 2.37. The van der Waals surface area contributed by atoms with Crippen LogP contribution in [0.5, 0.6) is 0 Å². The molecule has 0 bridgehead atoms. The molecule has 8 nitrogen and oxygen atoms in total. The normalized spacial score (nSPS) is 14.8. The molecule has 4 rings (SSSR count). The van der Waals surface area contributed by atoms with Crippen LogP contribution in [-0.2, 0) is 9.59 Å². The van der Waals surface area contributed by atoms with E-state index in [1.807, 2.05) is 62.4 Å². The highest BCUT2D eigenvalue weighted by atomic mass is 16.8. The van der Waals surface area contributed by atoms with Crippen LogP contribution in [0.15, 0.2) is 95.3 Å². The highest BCUT2D eigenvalue weighted by molar-refractivity contribution is 6.11. The zero-order chi connectivity index (χ0) is 26.7. The quantitative estimate of drug-likeness (QED) is 0.326. The second-order valence-electron chi connectivity index (χ2n) is 9.21. The SMILES string of the molecule is CC1=C(C(=O)Nc2ccc(C)cc2)C(c2cccc([NH+]([O-])O)c2)C(C(=O)Nc2ccc(C)cc2)=C(C)N1. The van der Waals surface area contributed by atoms with E-state index < -0.39 is 11.1 Å². The van der Waals surface area contributed by atoms with Gasteiger partial charge in [-0.1, -0.05) is 47.5 Å². The third kappa shape index (κ3) is 5.78. The molecule has 1 aliphatic heterocycles. The van der Waals surface area contributed by atoms with E-state index in [1.165, 1.54) is 12.1 Å². The molecule has 0 radical (unpaired) electrons. The van der Waals surface area contributed by atoms with Crippen LogP contribution in [0.3, 0.4) is 0 Å². The van der Waals surface area contributed by atoms with Crippen molar-refractivity contribution in [3.8, 4) is 0 Å². The first kappa shape index (κ1) is 25.8. The lowest BCUT2D eigenvalue weighted by Crippen LogP contribution is -2.99. The minimum atomic E-state index is -1.09. The molecule has 5 N–H and O–H groups in total. The molecular formula is C29H30N4O4. The van der Waals surface area contributed by atoms with Crippen LogP contribution in [0.4, 0.5) is 17.1 Å². The summed E-state index contributed by atoms with van der Waals surface area (Å²) >= 11 is 0. The number of rotatable bonds is 6. The molecule has 190 valence electrons. The average Bonchev–Trinajstić information content (AvgIpc) is 2.86. The van der Waals surface area contributed by atoms with Gasteiger partial charge in [0.25, 0.3) is 11.8 Å². The summed E-state index contributed by atoms with van der Waals surface area (Å²) in [5, 5.41) is 29.3. The molecule has 0 fully saturated rings. The number of allylic oxidation sites excluding steroid dienone is 2. The molecule has 1 unspecified atom stereocenters. The van der Waals surface area contributed by atoms with Gasteiger partial charge in [-0.15, -0.1) is 0 Å². The molecular weight excluding hydrogens is 468 g/mol. The van der Waals surface area contributed by atoms with Gasteiger partial charge in [0.2, 0.25) is 0 Å². The van der Waals surface area contributed by atoms with Gasteiger partial charge in [-0.3, -0.25) is 9.59 Å². The number of benzene rings is 3. The Morgan fingerprint density at radius 1 is 0.784 bits per heavy atom. The zero-order valence-corrected chi connectivity index (χ0v) is 21.2. The topological polar surface area (TPSA) is 118 Å². The number of dihydropyridines is 1. The number of hydrogen-bond acceptors (Lipinski definition) is 5. The molecule has 8 heteroatoms. The van der Waals surface area contributed by atoms with Crippen LogP contribution in [0.25, 0.3) is 0 Å². The molecule has 0 spiro atoms. The minimum Gasteiger partial charge on any atom is -0.595 e. The van der Waals surface area contributed by atoms with Gasteiger partial charge in [0.15, 0.2) is 5.69 Å². The Morgan fingerprint density at radius 2 is 1.24 bits per heavy atom. The standard InChI is InChI=1S/C29H30N4O4/c1-17-8-12-22(13-9-17)31-28(34)25-19(3)30-20(4)26(29(35)32-23-14-10-18(2)11-15-23)27(25)21-6-5-7-24(16-21)33(36)37/h5-16,27,30,33,36H,1-4H3,(H,31,34)(H,32,35). The number of nitrogens with one attached hydrogen (secondary N) is 4. The predicted molar refractivity (Wildman–Crippen MR) is 143 cm³/mol. The van der Waals surface area contributed by atoms with Gasteiger partial charge < -0.3 is 21.2 Å². The Hall–Kier alpha value is -4.24. The van der Waals surface area contributed by atoms with Gasteiger partial charge >= 0.3 is 0 Å². The lowest BCUT2D eigenvalue weighted by Gasteiger charge is -2.31. The smallest absolute Gasteiger partial charge is 0.254 e. The van der Waals surface area contributed by atoms with Gasteiger partial charge in [0.05, 0.1) is 0 Å². The molecule has 0 aliphatic carbocycles. The Labute approximate surface area is 215 Å². The fourth-order valence-electron chi connectivity index (χ4n) is 4.45. The summed E-state index contributed by atoms with van der Waals surface area (Å²) in [4.78, 5) is 27.3. The molecule has 3 aromatic rings. The van der Waals surface area contributed by atoms with Crippen LogP contribution in [0.1, 0.15) is 36.5 Å². The molecule has 0 saturated heterocycles. The van der Waals surface area contributed by atoms with Crippen molar-refractivity contribution >= 4 is 28.9 Å². The number of carbonyl (C=O) groups excluding carboxylic acids is 2. The van der Waals surface area contributed by atoms with Crippen LogP contribution >= 0.6 is 0 Å². The molecule has 2 amide bonds. The minimum absolute atomic E-state index is 0.0722. The third-order valence-electron chi connectivity index (χ3n) is 6.34. The molecule has 37 heavy (non-hydrogen) atoms. The molecule has 0 aromatic heterocycles. The molecule has 3 aromatic carbocycles. The van der Waals surface area contributed by atoms with E-state index in [4.69, 9.17) is 0 Å². The monoisotopic (exact) mass is 498 g/mol. The maximum Gasteiger partial charge on any atom is 0.254 e. The Kier molecular flexibility index (Phi) is 7.54. The second-order valence-corrected chi connectivity index (χ2v) is 9.21. The maximum absolute atomic E-state index is 13.7. The van der Waals surface area contributed by atoms with Crippen LogP contribution < -0.4 is 21.2 Å². The van der Waals surface area contributed by atoms with Crippen molar-refractivity contribution in [2.45, 2.75) is 33.6 Å². The van der Waals surface area contributed by atoms with E-state index >= 15 is 0 Å². The summed E-state index contributed by atoms with van der Waals surface area (Å²) in [6.45, 7) is 7.47. The van der Waals surface area contributed by atoms with E-state index in [1.54, 1.807) is 26.0 Å². The van der Waals surface area contributed by atoms with E-state index in [0.29, 0.717) is 39.5 Å². The van der Waals surface area contributed by atoms with Gasteiger partial charge in [-0.2, -0.15) is 5.23 Å². The van der Waals surface area contributed by atoms with Crippen molar-refractivity contribution in [2.75, 3.05) is 10.6 Å². The summed E-state index contributed by atoms with van der Waals surface area (Å²) in [5.41, 5.74) is 5.79. The summed E-state index contributed by atoms with van der Waals surface area (Å²) in [5.74, 6) is -1.56. The fraction of sp³-hybridized carbons (Fsp3) is 0.172. The van der Waals surface area contributed by atoms with E-state index in [-0.39, 0.29) is 17.5 Å². The fourth-order valence-corrected chi connectivity index (χ4v) is 4.45. The summed E-state index contributed by atoms with van der Waals surface area (Å²) < 4.78 is 0. The van der Waals surface area contributed by atoms with Gasteiger partial charge in [-0.05, 0) is 57.5 Å². The Bertz CT molecular complexity index is 1310. The number of quaternary nitrogens is 1. The van der Waals surface area contributed by atoms with Crippen molar-refractivity contribution in [1.82, 2.24) is 5.32 Å². The van der Waals surface area contributed by atoms with E-state index in [2.05, 4.69) is 16.0 Å². The van der Waals surface area contributed by atoms with Crippen molar-refractivity contribution < 1.29 is 20.0 Å². The first-order valence-electron chi connectivity index (χ1n) is 11.9. The largest absolute Gasteiger partial charge is 0.595 e. The number of anilines is 2. The van der Waals surface area contributed by atoms with E-state index in [9.17, 15) is 20.0 Å².